The van der Waals surface area contributed by atoms with E-state index in [-0.39, 0.29) is 5.91 Å². The Morgan fingerprint density at radius 2 is 1.76 bits per heavy atom. The predicted octanol–water partition coefficient (Wildman–Crippen LogP) is 4.01. The molecule has 0 saturated carbocycles. The smallest absolute Gasteiger partial charge is 0.266 e. The molecule has 6 heteroatoms. The highest BCUT2D eigenvalue weighted by atomic mass is 16.2. The molecule has 0 bridgehead atoms. The molecule has 1 amide bonds. The Labute approximate surface area is 168 Å². The number of carbonyl (C=O) groups is 1. The third kappa shape index (κ3) is 4.27. The number of pyridine rings is 1. The third-order valence-corrected chi connectivity index (χ3v) is 4.36. The van der Waals surface area contributed by atoms with Crippen molar-refractivity contribution >= 4 is 12.1 Å². The minimum atomic E-state index is -0.366. The van der Waals surface area contributed by atoms with Crippen molar-refractivity contribution in [3.05, 3.63) is 102 Å². The molecule has 2 aromatic heterocycles. The lowest BCUT2D eigenvalue weighted by molar-refractivity contribution is 0.0950. The molecule has 4 aromatic rings. The zero-order valence-electron chi connectivity index (χ0n) is 15.9. The maximum atomic E-state index is 12.1. The van der Waals surface area contributed by atoms with Crippen molar-refractivity contribution in [2.24, 2.45) is 5.10 Å². The third-order valence-electron chi connectivity index (χ3n) is 4.36. The number of para-hydroxylation sites is 1. The summed E-state index contributed by atoms with van der Waals surface area (Å²) in [6, 6.07) is 23.1. The number of nitrogens with one attached hydrogen (secondary N) is 1. The molecule has 29 heavy (non-hydrogen) atoms. The lowest BCUT2D eigenvalue weighted by Crippen LogP contribution is -2.18. The first kappa shape index (κ1) is 18.3. The van der Waals surface area contributed by atoms with Gasteiger partial charge in [0.1, 0.15) is 11.4 Å². The zero-order chi connectivity index (χ0) is 20.1. The van der Waals surface area contributed by atoms with E-state index in [0.29, 0.717) is 5.69 Å². The van der Waals surface area contributed by atoms with Crippen LogP contribution in [0.15, 0.2) is 90.3 Å². The summed E-state index contributed by atoms with van der Waals surface area (Å²) in [6.45, 7) is 2.04. The molecule has 0 saturated heterocycles. The van der Waals surface area contributed by atoms with Crippen LogP contribution in [0, 0.1) is 6.92 Å². The summed E-state index contributed by atoms with van der Waals surface area (Å²) in [6.07, 6.45) is 5.06. The second-order valence-corrected chi connectivity index (χ2v) is 6.49. The number of hydrogen-bond acceptors (Lipinski definition) is 4. The van der Waals surface area contributed by atoms with Gasteiger partial charge in [-0.1, -0.05) is 54.1 Å². The molecular weight excluding hydrogens is 362 g/mol. The maximum Gasteiger partial charge on any atom is 0.289 e. The van der Waals surface area contributed by atoms with Crippen molar-refractivity contribution in [3.8, 4) is 16.9 Å². The predicted molar refractivity (Wildman–Crippen MR) is 113 cm³/mol. The van der Waals surface area contributed by atoms with Gasteiger partial charge in [-0.25, -0.2) is 10.1 Å². The highest BCUT2D eigenvalue weighted by molar-refractivity contribution is 5.94. The molecule has 0 unspecified atom stereocenters. The van der Waals surface area contributed by atoms with Crippen LogP contribution in [0.3, 0.4) is 0 Å². The fourth-order valence-electron chi connectivity index (χ4n) is 2.85. The lowest BCUT2D eigenvalue weighted by atomic mass is 10.1. The van der Waals surface area contributed by atoms with Gasteiger partial charge in [-0.2, -0.15) is 10.2 Å². The van der Waals surface area contributed by atoms with Crippen LogP contribution in [0.25, 0.3) is 16.9 Å². The van der Waals surface area contributed by atoms with E-state index < -0.39 is 0 Å². The van der Waals surface area contributed by atoms with Crippen LogP contribution >= 0.6 is 0 Å². The molecule has 0 aliphatic rings. The molecule has 2 heterocycles. The first-order valence-electron chi connectivity index (χ1n) is 9.17. The SMILES string of the molecule is Cc1ccc(-c2nn(-c3ccccc3)cc2/C=N\NC(=O)c2ccccn2)cc1. The van der Waals surface area contributed by atoms with E-state index in [1.54, 1.807) is 35.3 Å². The molecule has 0 aliphatic carbocycles. The molecule has 6 nitrogen and oxygen atoms in total. The normalized spacial score (nSPS) is 10.9. The van der Waals surface area contributed by atoms with Crippen LogP contribution in [-0.4, -0.2) is 26.9 Å². The molecule has 0 radical (unpaired) electrons. The molecular formula is C23H19N5O. The first-order valence-corrected chi connectivity index (χ1v) is 9.17. The number of hydrazone groups is 1. The molecule has 1 N–H and O–H groups in total. The average molecular weight is 381 g/mol. The molecule has 142 valence electrons. The molecule has 4 rings (SSSR count). The standard InChI is InChI=1S/C23H19N5O/c1-17-10-12-18(13-11-17)22-19(16-28(27-22)20-7-3-2-4-8-20)15-25-26-23(29)21-9-5-6-14-24-21/h2-16H,1H3,(H,26,29)/b25-15-. The fourth-order valence-corrected chi connectivity index (χ4v) is 2.85. The van der Waals surface area contributed by atoms with Crippen LogP contribution in [0.5, 0.6) is 0 Å². The van der Waals surface area contributed by atoms with Crippen molar-refractivity contribution in [3.63, 3.8) is 0 Å². The average Bonchev–Trinajstić information content (AvgIpc) is 3.19. The highest BCUT2D eigenvalue weighted by Gasteiger charge is 2.11. The van der Waals surface area contributed by atoms with Gasteiger partial charge in [0.2, 0.25) is 0 Å². The van der Waals surface area contributed by atoms with Crippen LogP contribution < -0.4 is 5.43 Å². The van der Waals surface area contributed by atoms with Gasteiger partial charge < -0.3 is 0 Å². The number of amides is 1. The van der Waals surface area contributed by atoms with Crippen molar-refractivity contribution in [1.82, 2.24) is 20.2 Å². The van der Waals surface area contributed by atoms with E-state index in [1.807, 2.05) is 67.7 Å². The van der Waals surface area contributed by atoms with Gasteiger partial charge in [-0.3, -0.25) is 9.78 Å². The van der Waals surface area contributed by atoms with Gasteiger partial charge in [0, 0.05) is 23.5 Å². The number of benzene rings is 2. The Morgan fingerprint density at radius 1 is 1.00 bits per heavy atom. The van der Waals surface area contributed by atoms with Crippen LogP contribution in [0.1, 0.15) is 21.6 Å². The van der Waals surface area contributed by atoms with E-state index in [0.717, 1.165) is 22.5 Å². The number of aryl methyl sites for hydroxylation is 1. The summed E-state index contributed by atoms with van der Waals surface area (Å²) in [7, 11) is 0. The van der Waals surface area contributed by atoms with Crippen LogP contribution in [0.2, 0.25) is 0 Å². The number of carbonyl (C=O) groups excluding carboxylic acids is 1. The van der Waals surface area contributed by atoms with Crippen molar-refractivity contribution in [1.29, 1.82) is 0 Å². The van der Waals surface area contributed by atoms with E-state index in [4.69, 9.17) is 5.10 Å². The molecule has 0 aliphatic heterocycles. The number of nitrogens with zero attached hydrogens (tertiary/aromatic N) is 4. The minimum Gasteiger partial charge on any atom is -0.266 e. The summed E-state index contributed by atoms with van der Waals surface area (Å²) < 4.78 is 1.80. The van der Waals surface area contributed by atoms with Crippen molar-refractivity contribution in [2.75, 3.05) is 0 Å². The van der Waals surface area contributed by atoms with Gasteiger partial charge in [0.25, 0.3) is 5.91 Å². The highest BCUT2D eigenvalue weighted by Crippen LogP contribution is 2.23. The van der Waals surface area contributed by atoms with E-state index in [2.05, 4.69) is 15.5 Å². The minimum absolute atomic E-state index is 0.309. The monoisotopic (exact) mass is 381 g/mol. The van der Waals surface area contributed by atoms with Crippen LogP contribution in [0.4, 0.5) is 0 Å². The number of aromatic nitrogens is 3. The molecule has 0 fully saturated rings. The topological polar surface area (TPSA) is 72.2 Å². The van der Waals surface area contributed by atoms with E-state index in [1.165, 1.54) is 5.56 Å². The summed E-state index contributed by atoms with van der Waals surface area (Å²) in [5.74, 6) is -0.366. The number of rotatable bonds is 5. The Morgan fingerprint density at radius 3 is 2.48 bits per heavy atom. The van der Waals surface area contributed by atoms with Gasteiger partial charge in [-0.15, -0.1) is 0 Å². The van der Waals surface area contributed by atoms with Crippen molar-refractivity contribution in [2.45, 2.75) is 6.92 Å². The largest absolute Gasteiger partial charge is 0.289 e. The van der Waals surface area contributed by atoms with Gasteiger partial charge >= 0.3 is 0 Å². The molecule has 0 atom stereocenters. The Balaban J connectivity index is 1.64. The second kappa shape index (κ2) is 8.31. The first-order chi connectivity index (χ1) is 14.2. The Kier molecular flexibility index (Phi) is 5.25. The quantitative estimate of drug-likeness (QED) is 0.419. The van der Waals surface area contributed by atoms with E-state index in [9.17, 15) is 4.79 Å². The van der Waals surface area contributed by atoms with Crippen LogP contribution in [-0.2, 0) is 0 Å². The van der Waals surface area contributed by atoms with Gasteiger partial charge in [0.15, 0.2) is 0 Å². The summed E-state index contributed by atoms with van der Waals surface area (Å²) >= 11 is 0. The van der Waals surface area contributed by atoms with Gasteiger partial charge in [0.05, 0.1) is 11.9 Å². The molecule has 2 aromatic carbocycles. The Bertz CT molecular complexity index is 1130. The lowest BCUT2D eigenvalue weighted by Gasteiger charge is -2.01. The van der Waals surface area contributed by atoms with E-state index >= 15 is 0 Å². The Hall–Kier alpha value is -4.06. The van der Waals surface area contributed by atoms with Gasteiger partial charge in [-0.05, 0) is 31.2 Å². The fraction of sp³-hybridized carbons (Fsp3) is 0.0435. The zero-order valence-corrected chi connectivity index (χ0v) is 15.9. The summed E-state index contributed by atoms with van der Waals surface area (Å²) in [5.41, 5.74) is 7.49. The van der Waals surface area contributed by atoms with Crippen molar-refractivity contribution < 1.29 is 4.79 Å². The second-order valence-electron chi connectivity index (χ2n) is 6.49. The maximum absolute atomic E-state index is 12.1. The summed E-state index contributed by atoms with van der Waals surface area (Å²) in [4.78, 5) is 16.2. The summed E-state index contributed by atoms with van der Waals surface area (Å²) in [5, 5.41) is 8.85. The number of hydrogen-bond donors (Lipinski definition) is 1. The molecule has 0 spiro atoms.